The number of nitrogens with zero attached hydrogens (tertiary/aromatic N) is 1. The van der Waals surface area contributed by atoms with Crippen molar-refractivity contribution in [2.75, 3.05) is 13.9 Å². The number of ether oxygens (including phenoxy) is 4. The number of carbonyl (C=O) groups is 1. The van der Waals surface area contributed by atoms with Gasteiger partial charge in [0.1, 0.15) is 11.6 Å². The highest BCUT2D eigenvalue weighted by Crippen LogP contribution is 2.40. The molecule has 3 aromatic carbocycles. The van der Waals surface area contributed by atoms with E-state index < -0.39 is 0 Å². The van der Waals surface area contributed by atoms with Gasteiger partial charge in [0.2, 0.25) is 6.79 Å². The fourth-order valence-corrected chi connectivity index (χ4v) is 6.18. The Morgan fingerprint density at radius 2 is 1.82 bits per heavy atom. The first-order valence-corrected chi connectivity index (χ1v) is 14.2. The lowest BCUT2D eigenvalue weighted by molar-refractivity contribution is 0.0951. The third-order valence-electron chi connectivity index (χ3n) is 7.03. The maximum atomic E-state index is 13.3. The second kappa shape index (κ2) is 11.8. The summed E-state index contributed by atoms with van der Waals surface area (Å²) in [5.74, 6) is 2.64. The van der Waals surface area contributed by atoms with Gasteiger partial charge in [-0.25, -0.2) is 4.99 Å². The molecule has 7 nitrogen and oxygen atoms in total. The Kier molecular flexibility index (Phi) is 7.68. The molecule has 0 unspecified atom stereocenters. The third kappa shape index (κ3) is 5.67. The van der Waals surface area contributed by atoms with E-state index in [-0.39, 0.29) is 12.7 Å². The molecule has 0 fully saturated rings. The van der Waals surface area contributed by atoms with Crippen molar-refractivity contribution in [3.8, 4) is 23.0 Å². The summed E-state index contributed by atoms with van der Waals surface area (Å²) in [6, 6.07) is 21.4. The van der Waals surface area contributed by atoms with Crippen molar-refractivity contribution in [1.29, 1.82) is 0 Å². The number of benzene rings is 3. The smallest absolute Gasteiger partial charge is 0.254 e. The zero-order valence-electron chi connectivity index (χ0n) is 22.3. The summed E-state index contributed by atoms with van der Waals surface area (Å²) in [6.07, 6.45) is 5.94. The molecule has 0 radical (unpaired) electrons. The van der Waals surface area contributed by atoms with Crippen LogP contribution in [0.5, 0.6) is 23.0 Å². The van der Waals surface area contributed by atoms with Crippen LogP contribution in [0.2, 0.25) is 0 Å². The van der Waals surface area contributed by atoms with E-state index in [1.54, 1.807) is 24.7 Å². The minimum absolute atomic E-state index is 0.0692. The van der Waals surface area contributed by atoms with E-state index in [2.05, 4.69) is 5.32 Å². The standard InChI is InChI=1S/C32H30N2O5S/c1-36-27-15-22(11-13-25(27)37-19-23-12-14-26-28(16-23)39-20-38-26)18-34-32-30(24-9-5-6-10-29(24)40-32)31(35)33-17-21-7-3-2-4-8-21/h2-4,7-8,11-16,18H,5-6,9-10,17,19-20H2,1H3,(H,33,35). The van der Waals surface area contributed by atoms with E-state index in [4.69, 9.17) is 23.9 Å². The number of amides is 1. The van der Waals surface area contributed by atoms with Gasteiger partial charge >= 0.3 is 0 Å². The molecule has 0 bridgehead atoms. The topological polar surface area (TPSA) is 78.4 Å². The first-order chi connectivity index (χ1) is 19.7. The van der Waals surface area contributed by atoms with Gasteiger partial charge < -0.3 is 24.3 Å². The summed E-state index contributed by atoms with van der Waals surface area (Å²) in [5.41, 5.74) is 4.75. The molecule has 1 N–H and O–H groups in total. The molecule has 1 amide bonds. The minimum atomic E-state index is -0.0692. The van der Waals surface area contributed by atoms with Crippen molar-refractivity contribution in [3.05, 3.63) is 99.4 Å². The molecule has 4 aromatic rings. The molecule has 1 aliphatic heterocycles. The largest absolute Gasteiger partial charge is 0.493 e. The van der Waals surface area contributed by atoms with E-state index >= 15 is 0 Å². The number of rotatable bonds is 9. The number of nitrogens with one attached hydrogen (secondary N) is 1. The van der Waals surface area contributed by atoms with Gasteiger partial charge in [-0.15, -0.1) is 11.3 Å². The van der Waals surface area contributed by atoms with Crippen molar-refractivity contribution >= 4 is 28.5 Å². The van der Waals surface area contributed by atoms with Crippen LogP contribution in [0, 0.1) is 0 Å². The summed E-state index contributed by atoms with van der Waals surface area (Å²) in [6.45, 7) is 1.09. The summed E-state index contributed by atoms with van der Waals surface area (Å²) in [4.78, 5) is 19.4. The fraction of sp³-hybridized carbons (Fsp3) is 0.250. The minimum Gasteiger partial charge on any atom is -0.493 e. The Bertz CT molecular complexity index is 1550. The second-order valence-electron chi connectivity index (χ2n) is 9.70. The monoisotopic (exact) mass is 554 g/mol. The van der Waals surface area contributed by atoms with Gasteiger partial charge in [-0.3, -0.25) is 4.79 Å². The lowest BCUT2D eigenvalue weighted by Gasteiger charge is -2.13. The Morgan fingerprint density at radius 3 is 2.70 bits per heavy atom. The molecule has 0 saturated carbocycles. The summed E-state index contributed by atoms with van der Waals surface area (Å²) < 4.78 is 22.5. The molecule has 2 aliphatic rings. The molecule has 0 spiro atoms. The second-order valence-corrected chi connectivity index (χ2v) is 10.8. The molecule has 8 heteroatoms. The highest BCUT2D eigenvalue weighted by molar-refractivity contribution is 7.16. The molecule has 1 aliphatic carbocycles. The summed E-state index contributed by atoms with van der Waals surface area (Å²) >= 11 is 1.62. The van der Waals surface area contributed by atoms with Gasteiger partial charge in [-0.2, -0.15) is 0 Å². The van der Waals surface area contributed by atoms with Crippen molar-refractivity contribution in [2.45, 2.75) is 38.8 Å². The summed E-state index contributed by atoms with van der Waals surface area (Å²) in [7, 11) is 1.62. The maximum Gasteiger partial charge on any atom is 0.254 e. The van der Waals surface area contributed by atoms with Gasteiger partial charge in [0, 0.05) is 17.6 Å². The molecule has 2 heterocycles. The number of aliphatic imine (C=N–C) groups is 1. The highest BCUT2D eigenvalue weighted by atomic mass is 32.1. The van der Waals surface area contributed by atoms with Crippen molar-refractivity contribution in [3.63, 3.8) is 0 Å². The number of hydrogen-bond acceptors (Lipinski definition) is 7. The van der Waals surface area contributed by atoms with Crippen molar-refractivity contribution in [1.82, 2.24) is 5.32 Å². The van der Waals surface area contributed by atoms with Crippen LogP contribution in [0.3, 0.4) is 0 Å². The van der Waals surface area contributed by atoms with Gasteiger partial charge in [0.05, 0.1) is 12.7 Å². The molecule has 204 valence electrons. The lowest BCUT2D eigenvalue weighted by Crippen LogP contribution is -2.24. The van der Waals surface area contributed by atoms with Gasteiger partial charge in [0.15, 0.2) is 23.0 Å². The SMILES string of the molecule is COc1cc(C=Nc2sc3c(c2C(=O)NCc2ccccc2)CCCC3)ccc1OCc1ccc2c(c1)OCO2. The third-order valence-corrected chi connectivity index (χ3v) is 8.23. The predicted molar refractivity (Wildman–Crippen MR) is 156 cm³/mol. The maximum absolute atomic E-state index is 13.3. The average molecular weight is 555 g/mol. The lowest BCUT2D eigenvalue weighted by atomic mass is 9.95. The number of aryl methyl sites for hydroxylation is 1. The Labute approximate surface area is 237 Å². The molecule has 40 heavy (non-hydrogen) atoms. The van der Waals surface area contributed by atoms with Crippen molar-refractivity contribution in [2.24, 2.45) is 4.99 Å². The molecule has 1 aromatic heterocycles. The normalized spacial score (nSPS) is 13.7. The average Bonchev–Trinajstić information content (AvgIpc) is 3.62. The van der Waals surface area contributed by atoms with Crippen molar-refractivity contribution < 1.29 is 23.7 Å². The van der Waals surface area contributed by atoms with Crippen LogP contribution in [0.1, 0.15) is 50.3 Å². The first-order valence-electron chi connectivity index (χ1n) is 13.4. The molecule has 0 saturated heterocycles. The number of methoxy groups -OCH3 is 1. The van der Waals surface area contributed by atoms with Crippen LogP contribution in [0.25, 0.3) is 0 Å². The number of carbonyl (C=O) groups excluding carboxylic acids is 1. The fourth-order valence-electron chi connectivity index (χ4n) is 4.95. The molecular formula is C32H30N2O5S. The Hall–Kier alpha value is -4.30. The van der Waals surface area contributed by atoms with Crippen LogP contribution >= 0.6 is 11.3 Å². The summed E-state index contributed by atoms with van der Waals surface area (Å²) in [5, 5.41) is 3.85. The van der Waals surface area contributed by atoms with Gasteiger partial charge in [-0.1, -0.05) is 36.4 Å². The van der Waals surface area contributed by atoms with E-state index in [0.717, 1.165) is 64.4 Å². The zero-order chi connectivity index (χ0) is 27.3. The van der Waals surface area contributed by atoms with E-state index in [1.165, 1.54) is 4.88 Å². The van der Waals surface area contributed by atoms with E-state index in [9.17, 15) is 4.79 Å². The van der Waals surface area contributed by atoms with E-state index in [0.29, 0.717) is 30.2 Å². The predicted octanol–water partition coefficient (Wildman–Crippen LogP) is 6.62. The Morgan fingerprint density at radius 1 is 0.975 bits per heavy atom. The van der Waals surface area contributed by atoms with Crippen LogP contribution in [-0.4, -0.2) is 26.0 Å². The van der Waals surface area contributed by atoms with Crippen LogP contribution in [0.4, 0.5) is 5.00 Å². The van der Waals surface area contributed by atoms with Gasteiger partial charge in [0.25, 0.3) is 5.91 Å². The highest BCUT2D eigenvalue weighted by Gasteiger charge is 2.25. The Balaban J connectivity index is 1.18. The van der Waals surface area contributed by atoms with Crippen LogP contribution in [-0.2, 0) is 26.0 Å². The molecule has 0 atom stereocenters. The quantitative estimate of drug-likeness (QED) is 0.235. The van der Waals surface area contributed by atoms with Crippen LogP contribution in [0.15, 0.2) is 71.7 Å². The van der Waals surface area contributed by atoms with Crippen LogP contribution < -0.4 is 24.3 Å². The zero-order valence-corrected chi connectivity index (χ0v) is 23.1. The molecule has 6 rings (SSSR count). The number of hydrogen-bond donors (Lipinski definition) is 1. The number of fused-ring (bicyclic) bond motifs is 2. The molecular weight excluding hydrogens is 524 g/mol. The first kappa shape index (κ1) is 26.0. The van der Waals surface area contributed by atoms with Gasteiger partial charge in [-0.05, 0) is 78.3 Å². The number of thiophene rings is 1. The van der Waals surface area contributed by atoms with E-state index in [1.807, 2.05) is 66.7 Å².